The van der Waals surface area contributed by atoms with Crippen molar-refractivity contribution in [2.75, 3.05) is 0 Å². The molecule has 0 amide bonds. The number of hydrogen-bond acceptors (Lipinski definition) is 2. The molecule has 13 heavy (non-hydrogen) atoms. The highest BCUT2D eigenvalue weighted by atomic mass is 79.9. The van der Waals surface area contributed by atoms with Gasteiger partial charge in [0.1, 0.15) is 11.1 Å². The third kappa shape index (κ3) is 3.35. The van der Waals surface area contributed by atoms with E-state index in [0.717, 1.165) is 5.57 Å². The quantitative estimate of drug-likeness (QED) is 0.447. The van der Waals surface area contributed by atoms with Gasteiger partial charge in [0.05, 0.1) is 4.48 Å². The third-order valence-electron chi connectivity index (χ3n) is 1.60. The first-order valence-electron chi connectivity index (χ1n) is 3.68. The Morgan fingerprint density at radius 3 is 3.00 bits per heavy atom. The van der Waals surface area contributed by atoms with Gasteiger partial charge in [-0.05, 0) is 33.7 Å². The summed E-state index contributed by atoms with van der Waals surface area (Å²) in [5.74, 6) is 0. The van der Waals surface area contributed by atoms with E-state index >= 15 is 0 Å². The van der Waals surface area contributed by atoms with Crippen molar-refractivity contribution in [1.29, 1.82) is 5.26 Å². The lowest BCUT2D eigenvalue weighted by atomic mass is 10.0. The fraction of sp³-hybridized carbons (Fsp3) is 0.222. The fourth-order valence-electron chi connectivity index (χ4n) is 0.931. The molecule has 2 N–H and O–H groups in total. The van der Waals surface area contributed by atoms with Crippen molar-refractivity contribution in [2.24, 2.45) is 5.73 Å². The van der Waals surface area contributed by atoms with Crippen LogP contribution < -0.4 is 5.73 Å². The number of halogens is 2. The summed E-state index contributed by atoms with van der Waals surface area (Å²) in [4.78, 5) is -0.767. The first-order valence-corrected chi connectivity index (χ1v) is 4.85. The van der Waals surface area contributed by atoms with Crippen LogP contribution in [0.15, 0.2) is 34.4 Å². The second-order valence-electron chi connectivity index (χ2n) is 2.77. The molecular weight excluding hydrogens is 251 g/mol. The minimum Gasteiger partial charge on any atom is -0.309 e. The van der Waals surface area contributed by atoms with Crippen LogP contribution in [0.5, 0.6) is 0 Å². The van der Waals surface area contributed by atoms with Crippen LogP contribution in [0.2, 0.25) is 0 Å². The zero-order chi connectivity index (χ0) is 9.90. The molecule has 2 nitrogen and oxygen atoms in total. The molecule has 0 heterocycles. The molecule has 1 unspecified atom stereocenters. The molecule has 0 bridgehead atoms. The second kappa shape index (κ2) is 4.10. The van der Waals surface area contributed by atoms with Crippen LogP contribution in [0.4, 0.5) is 0 Å². The highest BCUT2D eigenvalue weighted by molar-refractivity contribution is 9.12. The van der Waals surface area contributed by atoms with E-state index in [1.807, 2.05) is 12.1 Å². The second-order valence-corrected chi connectivity index (χ2v) is 4.33. The van der Waals surface area contributed by atoms with E-state index < -0.39 is 5.00 Å². The zero-order valence-electron chi connectivity index (χ0n) is 6.80. The number of rotatable bonds is 1. The van der Waals surface area contributed by atoms with Crippen molar-refractivity contribution >= 4 is 27.5 Å². The first kappa shape index (κ1) is 10.5. The summed E-state index contributed by atoms with van der Waals surface area (Å²) in [5, 5.41) is 8.50. The third-order valence-corrected chi connectivity index (χ3v) is 2.29. The summed E-state index contributed by atoms with van der Waals surface area (Å²) in [6.07, 6.45) is 7.71. The average Bonchev–Trinajstić information content (AvgIpc) is 2.08. The predicted octanol–water partition coefficient (Wildman–Crippen LogP) is 2.57. The molecule has 0 aromatic carbocycles. The molecule has 0 saturated carbocycles. The lowest BCUT2D eigenvalue weighted by molar-refractivity contribution is 0.739. The molecule has 0 spiro atoms. The Balaban J connectivity index is 2.76. The monoisotopic (exact) mass is 258 g/mol. The summed E-state index contributed by atoms with van der Waals surface area (Å²) in [5.41, 5.74) is 6.58. The molecule has 0 aromatic heterocycles. The highest BCUT2D eigenvalue weighted by Gasteiger charge is 2.18. The molecule has 0 saturated heterocycles. The van der Waals surface area contributed by atoms with Crippen LogP contribution in [0.3, 0.4) is 0 Å². The number of hydrogen-bond donors (Lipinski definition) is 1. The van der Waals surface area contributed by atoms with Gasteiger partial charge in [-0.25, -0.2) is 0 Å². The van der Waals surface area contributed by atoms with Gasteiger partial charge in [-0.1, -0.05) is 23.8 Å². The van der Waals surface area contributed by atoms with Gasteiger partial charge in [0.2, 0.25) is 0 Å². The van der Waals surface area contributed by atoms with E-state index in [-0.39, 0.29) is 0 Å². The molecule has 1 aliphatic rings. The van der Waals surface area contributed by atoms with Crippen LogP contribution in [0.25, 0.3) is 0 Å². The lowest BCUT2D eigenvalue weighted by Gasteiger charge is -2.18. The van der Waals surface area contributed by atoms with E-state index in [1.165, 1.54) is 0 Å². The van der Waals surface area contributed by atoms with Crippen molar-refractivity contribution in [2.45, 2.75) is 11.4 Å². The largest absolute Gasteiger partial charge is 0.309 e. The van der Waals surface area contributed by atoms with E-state index in [2.05, 4.69) is 15.9 Å². The molecule has 1 rings (SSSR count). The van der Waals surface area contributed by atoms with E-state index in [4.69, 9.17) is 22.6 Å². The summed E-state index contributed by atoms with van der Waals surface area (Å²) >= 11 is 8.96. The Morgan fingerprint density at radius 2 is 2.54 bits per heavy atom. The van der Waals surface area contributed by atoms with Crippen LogP contribution >= 0.6 is 27.5 Å². The van der Waals surface area contributed by atoms with Crippen molar-refractivity contribution in [3.63, 3.8) is 0 Å². The van der Waals surface area contributed by atoms with Crippen molar-refractivity contribution < 1.29 is 0 Å². The minimum atomic E-state index is -0.767. The van der Waals surface area contributed by atoms with Crippen LogP contribution in [-0.2, 0) is 0 Å². The van der Waals surface area contributed by atoms with Crippen molar-refractivity contribution in [3.05, 3.63) is 34.4 Å². The summed E-state index contributed by atoms with van der Waals surface area (Å²) in [6.45, 7) is 0. The topological polar surface area (TPSA) is 49.8 Å². The van der Waals surface area contributed by atoms with Gasteiger partial charge in [-0.15, -0.1) is 0 Å². The molecule has 0 fully saturated rings. The molecule has 0 radical (unpaired) electrons. The van der Waals surface area contributed by atoms with Crippen molar-refractivity contribution in [3.8, 4) is 6.07 Å². The van der Waals surface area contributed by atoms with Gasteiger partial charge in [0, 0.05) is 6.42 Å². The summed E-state index contributed by atoms with van der Waals surface area (Å²) in [7, 11) is 0. The minimum absolute atomic E-state index is 0.488. The van der Waals surface area contributed by atoms with Gasteiger partial charge in [0.15, 0.2) is 0 Å². The molecular formula is C9H8BrClN2. The van der Waals surface area contributed by atoms with Gasteiger partial charge < -0.3 is 5.73 Å². The first-order chi connectivity index (χ1) is 6.03. The SMILES string of the molecule is N#C/C(Br)=C/C1=CCC(N)(Cl)C=C1. The Bertz CT molecular complexity index is 334. The smallest absolute Gasteiger partial charge is 0.113 e. The van der Waals surface area contributed by atoms with E-state index in [9.17, 15) is 0 Å². The van der Waals surface area contributed by atoms with Crippen LogP contribution in [0, 0.1) is 11.3 Å². The van der Waals surface area contributed by atoms with Crippen molar-refractivity contribution in [1.82, 2.24) is 0 Å². The van der Waals surface area contributed by atoms with Gasteiger partial charge in [0.25, 0.3) is 0 Å². The molecule has 1 atom stereocenters. The summed E-state index contributed by atoms with van der Waals surface area (Å²) in [6, 6.07) is 1.97. The maximum Gasteiger partial charge on any atom is 0.113 e. The Hall–Kier alpha value is -0.560. The van der Waals surface area contributed by atoms with Crippen LogP contribution in [0.1, 0.15) is 6.42 Å². The normalized spacial score (nSPS) is 28.2. The van der Waals surface area contributed by atoms with Gasteiger partial charge in [-0.3, -0.25) is 0 Å². The van der Waals surface area contributed by atoms with E-state index in [0.29, 0.717) is 10.9 Å². The fourth-order valence-corrected chi connectivity index (χ4v) is 1.34. The molecule has 4 heteroatoms. The summed E-state index contributed by atoms with van der Waals surface area (Å²) < 4.78 is 0.488. The number of nitrogens with two attached hydrogens (primary N) is 1. The van der Waals surface area contributed by atoms with Crippen LogP contribution in [-0.4, -0.2) is 5.00 Å². The Kier molecular flexibility index (Phi) is 3.32. The zero-order valence-corrected chi connectivity index (χ0v) is 9.14. The maximum atomic E-state index is 8.50. The molecule has 1 aliphatic carbocycles. The Morgan fingerprint density at radius 1 is 1.85 bits per heavy atom. The molecule has 0 aromatic rings. The molecule has 0 aliphatic heterocycles. The highest BCUT2D eigenvalue weighted by Crippen LogP contribution is 2.23. The number of nitrogens with zero attached hydrogens (tertiary/aromatic N) is 1. The van der Waals surface area contributed by atoms with Gasteiger partial charge >= 0.3 is 0 Å². The van der Waals surface area contributed by atoms with Gasteiger partial charge in [-0.2, -0.15) is 5.26 Å². The Labute approximate surface area is 90.5 Å². The lowest BCUT2D eigenvalue weighted by Crippen LogP contribution is -2.30. The van der Waals surface area contributed by atoms with E-state index in [1.54, 1.807) is 18.2 Å². The number of alkyl halides is 1. The molecule has 68 valence electrons. The number of allylic oxidation sites excluding steroid dienone is 4. The average molecular weight is 260 g/mol. The maximum absolute atomic E-state index is 8.50. The number of nitriles is 1. The standard InChI is InChI=1S/C9H8BrClN2/c10-8(6-12)5-7-1-3-9(11,13)4-2-7/h1-3,5H,4,13H2/b8-5-. The predicted molar refractivity (Wildman–Crippen MR) is 57.2 cm³/mol.